The van der Waals surface area contributed by atoms with Crippen LogP contribution in [0.4, 0.5) is 16.2 Å². The largest absolute Gasteiger partial charge is 0.491 e. The van der Waals surface area contributed by atoms with Gasteiger partial charge in [0.15, 0.2) is 0 Å². The molecule has 6 rings (SSSR count). The average molecular weight is 594 g/mol. The summed E-state index contributed by atoms with van der Waals surface area (Å²) in [7, 11) is 0. The van der Waals surface area contributed by atoms with Crippen LogP contribution in [0.25, 0.3) is 10.2 Å². The maximum atomic E-state index is 13.1. The summed E-state index contributed by atoms with van der Waals surface area (Å²) in [6.45, 7) is 9.84. The molecular formula is C31H39N5O5S. The van der Waals surface area contributed by atoms with E-state index in [9.17, 15) is 9.59 Å². The summed E-state index contributed by atoms with van der Waals surface area (Å²) < 4.78 is 18.1. The number of thiophene rings is 1. The van der Waals surface area contributed by atoms with E-state index in [2.05, 4.69) is 38.7 Å². The number of hydrogen-bond acceptors (Lipinski definition) is 9. The highest BCUT2D eigenvalue weighted by molar-refractivity contribution is 7.21. The number of benzene rings is 1. The molecule has 3 aliphatic rings. The minimum Gasteiger partial charge on any atom is -0.491 e. The van der Waals surface area contributed by atoms with Gasteiger partial charge in [0.2, 0.25) is 0 Å². The number of hydrogen-bond donors (Lipinski definition) is 3. The van der Waals surface area contributed by atoms with Crippen LogP contribution in [0.15, 0.2) is 30.3 Å². The Morgan fingerprint density at radius 2 is 2.02 bits per heavy atom. The lowest BCUT2D eigenvalue weighted by Crippen LogP contribution is -2.55. The molecule has 2 saturated heterocycles. The number of carbonyl (C=O) groups excluding carboxylic acids is 2. The van der Waals surface area contributed by atoms with Gasteiger partial charge in [-0.15, -0.1) is 11.3 Å². The van der Waals surface area contributed by atoms with Gasteiger partial charge in [-0.1, -0.05) is 6.07 Å². The number of carbonyl (C=O) groups is 2. The highest BCUT2D eigenvalue weighted by Crippen LogP contribution is 2.39. The third-order valence-corrected chi connectivity index (χ3v) is 9.28. The summed E-state index contributed by atoms with van der Waals surface area (Å²) in [6.07, 6.45) is 3.20. The van der Waals surface area contributed by atoms with Crippen molar-refractivity contribution in [2.75, 3.05) is 36.9 Å². The number of ether oxygens (including phenoxy) is 3. The number of nitrogens with one attached hydrogen (secondary N) is 2. The number of fused-ring (bicyclic) bond motifs is 2. The molecule has 0 bridgehead atoms. The summed E-state index contributed by atoms with van der Waals surface area (Å²) in [5.74, 6) is 0.599. The molecule has 10 nitrogen and oxygen atoms in total. The maximum absolute atomic E-state index is 13.1. The Morgan fingerprint density at radius 3 is 2.79 bits per heavy atom. The lowest BCUT2D eigenvalue weighted by molar-refractivity contribution is -0.0788. The molecule has 1 spiro atoms. The van der Waals surface area contributed by atoms with Crippen molar-refractivity contribution in [3.05, 3.63) is 46.5 Å². The Labute approximate surface area is 249 Å². The third kappa shape index (κ3) is 5.72. The molecule has 42 heavy (non-hydrogen) atoms. The molecule has 224 valence electrons. The average Bonchev–Trinajstić information content (AvgIpc) is 3.44. The van der Waals surface area contributed by atoms with E-state index in [1.807, 2.05) is 39.8 Å². The zero-order chi connectivity index (χ0) is 29.6. The van der Waals surface area contributed by atoms with Crippen LogP contribution in [-0.2, 0) is 15.9 Å². The first-order chi connectivity index (χ1) is 20.0. The SMILES string of the molecule is Cc1ccc2c(N)c(C(=O)NC3COc4cc(N5CC(NC(=O)OC(C)(C)C)C6(CCCCO6)C5)ccc4C3)sc2n1. The molecule has 3 atom stereocenters. The maximum Gasteiger partial charge on any atom is 0.408 e. The summed E-state index contributed by atoms with van der Waals surface area (Å²) in [5.41, 5.74) is 8.67. The molecule has 2 amide bonds. The minimum atomic E-state index is -0.572. The monoisotopic (exact) mass is 593 g/mol. The fourth-order valence-corrected chi connectivity index (χ4v) is 7.18. The number of aryl methyl sites for hydroxylation is 1. The molecular weight excluding hydrogens is 554 g/mol. The summed E-state index contributed by atoms with van der Waals surface area (Å²) in [5, 5.41) is 7.00. The lowest BCUT2D eigenvalue weighted by Gasteiger charge is -2.38. The number of aromatic nitrogens is 1. The predicted molar refractivity (Wildman–Crippen MR) is 164 cm³/mol. The highest BCUT2D eigenvalue weighted by atomic mass is 32.1. The number of anilines is 2. The van der Waals surface area contributed by atoms with Gasteiger partial charge >= 0.3 is 6.09 Å². The van der Waals surface area contributed by atoms with Gasteiger partial charge in [-0.25, -0.2) is 9.78 Å². The number of amides is 2. The lowest BCUT2D eigenvalue weighted by atomic mass is 9.89. The van der Waals surface area contributed by atoms with Crippen LogP contribution in [0.1, 0.15) is 61.0 Å². The van der Waals surface area contributed by atoms with E-state index in [1.165, 1.54) is 11.3 Å². The smallest absolute Gasteiger partial charge is 0.408 e. The first-order valence-electron chi connectivity index (χ1n) is 14.6. The van der Waals surface area contributed by atoms with E-state index >= 15 is 0 Å². The molecule has 4 N–H and O–H groups in total. The van der Waals surface area contributed by atoms with Gasteiger partial charge in [0, 0.05) is 42.5 Å². The predicted octanol–water partition coefficient (Wildman–Crippen LogP) is 4.57. The van der Waals surface area contributed by atoms with Crippen LogP contribution in [0.3, 0.4) is 0 Å². The molecule has 3 unspecified atom stereocenters. The van der Waals surface area contributed by atoms with Crippen molar-refractivity contribution in [1.82, 2.24) is 15.6 Å². The second-order valence-electron chi connectivity index (χ2n) is 12.6. The van der Waals surface area contributed by atoms with Crippen molar-refractivity contribution in [2.24, 2.45) is 0 Å². The quantitative estimate of drug-likeness (QED) is 0.401. The second kappa shape index (κ2) is 10.9. The van der Waals surface area contributed by atoms with E-state index in [0.717, 1.165) is 52.2 Å². The van der Waals surface area contributed by atoms with Crippen molar-refractivity contribution in [3.8, 4) is 5.75 Å². The Morgan fingerprint density at radius 1 is 1.19 bits per heavy atom. The Kier molecular flexibility index (Phi) is 7.43. The minimum absolute atomic E-state index is 0.178. The third-order valence-electron chi connectivity index (χ3n) is 8.17. The number of alkyl carbamates (subject to hydrolysis) is 1. The van der Waals surface area contributed by atoms with E-state index in [4.69, 9.17) is 19.9 Å². The molecule has 5 heterocycles. The standard InChI is InChI=1S/C31H39N5O5S/c1-18-7-10-22-25(32)26(42-28(22)33-18)27(37)34-20-13-19-8-9-21(14-23(19)39-16-20)36-15-24(35-29(38)41-30(2,3)4)31(17-36)11-5-6-12-40-31/h7-10,14,20,24H,5-6,11-13,15-17,32H2,1-4H3,(H,34,37)(H,35,38). The molecule has 1 aromatic carbocycles. The van der Waals surface area contributed by atoms with Gasteiger partial charge in [-0.3, -0.25) is 4.79 Å². The van der Waals surface area contributed by atoms with Crippen LogP contribution in [0, 0.1) is 6.92 Å². The number of nitrogens with two attached hydrogens (primary N) is 1. The highest BCUT2D eigenvalue weighted by Gasteiger charge is 2.50. The number of nitrogens with zero attached hydrogens (tertiary/aromatic N) is 2. The van der Waals surface area contributed by atoms with Gasteiger partial charge in [0.05, 0.1) is 17.8 Å². The summed E-state index contributed by atoms with van der Waals surface area (Å²) >= 11 is 1.31. The fourth-order valence-electron chi connectivity index (χ4n) is 6.14. The topological polar surface area (TPSA) is 128 Å². The molecule has 2 aromatic heterocycles. The second-order valence-corrected chi connectivity index (χ2v) is 13.6. The number of nitrogen functional groups attached to an aromatic ring is 1. The van der Waals surface area contributed by atoms with Crippen molar-refractivity contribution < 1.29 is 23.8 Å². The van der Waals surface area contributed by atoms with Crippen molar-refractivity contribution >= 4 is 44.9 Å². The molecule has 2 fully saturated rings. The van der Waals surface area contributed by atoms with Gasteiger partial charge in [-0.2, -0.15) is 0 Å². The summed E-state index contributed by atoms with van der Waals surface area (Å²) in [4.78, 5) is 33.8. The molecule has 11 heteroatoms. The zero-order valence-corrected chi connectivity index (χ0v) is 25.4. The Balaban J connectivity index is 1.13. The van der Waals surface area contributed by atoms with Crippen LogP contribution < -0.4 is 26.0 Å². The van der Waals surface area contributed by atoms with E-state index in [1.54, 1.807) is 0 Å². The van der Waals surface area contributed by atoms with Gasteiger partial charge in [-0.05, 0) is 77.1 Å². The molecule has 3 aliphatic heterocycles. The van der Waals surface area contributed by atoms with Crippen LogP contribution in [0.5, 0.6) is 5.75 Å². The van der Waals surface area contributed by atoms with Crippen molar-refractivity contribution in [1.29, 1.82) is 0 Å². The van der Waals surface area contributed by atoms with Gasteiger partial charge in [0.25, 0.3) is 5.91 Å². The number of pyridine rings is 1. The van der Waals surface area contributed by atoms with E-state index in [0.29, 0.717) is 43.3 Å². The number of rotatable bonds is 4. The molecule has 0 saturated carbocycles. The summed E-state index contributed by atoms with van der Waals surface area (Å²) in [6, 6.07) is 9.64. The molecule has 3 aromatic rings. The van der Waals surface area contributed by atoms with Crippen molar-refractivity contribution in [2.45, 2.75) is 76.7 Å². The molecule has 0 aliphatic carbocycles. The van der Waals surface area contributed by atoms with Gasteiger partial charge in [0.1, 0.15) is 33.3 Å². The van der Waals surface area contributed by atoms with Crippen LogP contribution >= 0.6 is 11.3 Å². The first-order valence-corrected chi connectivity index (χ1v) is 15.4. The normalized spacial score (nSPS) is 23.9. The Bertz CT molecular complexity index is 1510. The Hall–Kier alpha value is -3.57. The first kappa shape index (κ1) is 28.5. The zero-order valence-electron chi connectivity index (χ0n) is 24.6. The van der Waals surface area contributed by atoms with Crippen molar-refractivity contribution in [3.63, 3.8) is 0 Å². The molecule has 0 radical (unpaired) electrons. The fraction of sp³-hybridized carbons (Fsp3) is 0.516. The van der Waals surface area contributed by atoms with Crippen LogP contribution in [0.2, 0.25) is 0 Å². The van der Waals surface area contributed by atoms with Crippen LogP contribution in [-0.4, -0.2) is 66.6 Å². The van der Waals surface area contributed by atoms with Gasteiger partial charge < -0.3 is 35.5 Å². The van der Waals surface area contributed by atoms with E-state index < -0.39 is 17.3 Å². The van der Waals surface area contributed by atoms with E-state index in [-0.39, 0.29) is 18.0 Å².